The van der Waals surface area contributed by atoms with Gasteiger partial charge in [-0.3, -0.25) is 5.43 Å². The number of halogens is 1. The van der Waals surface area contributed by atoms with Gasteiger partial charge < -0.3 is 4.42 Å². The van der Waals surface area contributed by atoms with Crippen LogP contribution < -0.4 is 5.43 Å². The van der Waals surface area contributed by atoms with Crippen LogP contribution >= 0.6 is 11.6 Å². The van der Waals surface area contributed by atoms with E-state index in [4.69, 9.17) is 16.0 Å². The molecular formula is C14H17ClN2O. The molecule has 2 heterocycles. The van der Waals surface area contributed by atoms with Crippen LogP contribution in [0, 0.1) is 0 Å². The van der Waals surface area contributed by atoms with Crippen LogP contribution in [0.15, 0.2) is 28.7 Å². The summed E-state index contributed by atoms with van der Waals surface area (Å²) in [6.07, 6.45) is 3.88. The summed E-state index contributed by atoms with van der Waals surface area (Å²) in [6, 6.07) is 7.98. The number of hydrogen-bond acceptors (Lipinski definition) is 3. The van der Waals surface area contributed by atoms with Crippen molar-refractivity contribution in [1.82, 2.24) is 10.4 Å². The van der Waals surface area contributed by atoms with E-state index in [0.29, 0.717) is 5.22 Å². The topological polar surface area (TPSA) is 28.4 Å². The van der Waals surface area contributed by atoms with Crippen molar-refractivity contribution in [3.05, 3.63) is 35.0 Å². The van der Waals surface area contributed by atoms with Crippen LogP contribution in [0.1, 0.15) is 24.8 Å². The molecule has 0 saturated carbocycles. The van der Waals surface area contributed by atoms with Crippen LogP contribution in [0.3, 0.4) is 0 Å². The maximum atomic E-state index is 6.16. The number of hydrazine groups is 1. The molecule has 0 spiro atoms. The van der Waals surface area contributed by atoms with Crippen molar-refractivity contribution in [2.24, 2.45) is 0 Å². The van der Waals surface area contributed by atoms with Crippen molar-refractivity contribution in [2.75, 3.05) is 13.1 Å². The summed E-state index contributed by atoms with van der Waals surface area (Å²) in [4.78, 5) is 0. The van der Waals surface area contributed by atoms with Gasteiger partial charge in [0.1, 0.15) is 5.58 Å². The largest absolute Gasteiger partial charge is 0.444 e. The molecule has 4 heteroatoms. The van der Waals surface area contributed by atoms with Gasteiger partial charge >= 0.3 is 0 Å². The van der Waals surface area contributed by atoms with E-state index in [1.165, 1.54) is 19.3 Å². The van der Waals surface area contributed by atoms with Gasteiger partial charge in [0.2, 0.25) is 0 Å². The highest BCUT2D eigenvalue weighted by molar-refractivity contribution is 6.30. The zero-order valence-corrected chi connectivity index (χ0v) is 11.0. The zero-order chi connectivity index (χ0) is 12.4. The Morgan fingerprint density at radius 1 is 1.17 bits per heavy atom. The van der Waals surface area contributed by atoms with E-state index in [2.05, 4.69) is 16.5 Å². The summed E-state index contributed by atoms with van der Waals surface area (Å²) >= 11 is 6.16. The van der Waals surface area contributed by atoms with Gasteiger partial charge in [-0.25, -0.2) is 5.01 Å². The minimum absolute atomic E-state index is 0.501. The molecule has 18 heavy (non-hydrogen) atoms. The summed E-state index contributed by atoms with van der Waals surface area (Å²) in [6.45, 7) is 2.97. The Morgan fingerprint density at radius 2 is 1.94 bits per heavy atom. The number of furan rings is 1. The average molecular weight is 265 g/mol. The number of benzene rings is 1. The number of piperidine rings is 1. The number of para-hydroxylation sites is 1. The zero-order valence-electron chi connectivity index (χ0n) is 10.3. The van der Waals surface area contributed by atoms with Crippen LogP contribution in [0.2, 0.25) is 5.22 Å². The molecule has 96 valence electrons. The van der Waals surface area contributed by atoms with E-state index >= 15 is 0 Å². The number of fused-ring (bicyclic) bond motifs is 1. The Balaban J connectivity index is 1.75. The van der Waals surface area contributed by atoms with Crippen molar-refractivity contribution < 1.29 is 4.42 Å². The molecular weight excluding hydrogens is 248 g/mol. The van der Waals surface area contributed by atoms with Crippen molar-refractivity contribution in [2.45, 2.75) is 25.8 Å². The number of rotatable bonds is 3. The Bertz CT molecular complexity index is 532. The first-order valence-electron chi connectivity index (χ1n) is 6.49. The van der Waals surface area contributed by atoms with Gasteiger partial charge in [-0.1, -0.05) is 24.6 Å². The summed E-state index contributed by atoms with van der Waals surface area (Å²) in [5.74, 6) is 0. The lowest BCUT2D eigenvalue weighted by atomic mass is 10.1. The monoisotopic (exact) mass is 264 g/mol. The van der Waals surface area contributed by atoms with Gasteiger partial charge in [-0.2, -0.15) is 0 Å². The van der Waals surface area contributed by atoms with E-state index in [1.807, 2.05) is 18.2 Å². The second-order valence-corrected chi connectivity index (χ2v) is 5.08. The van der Waals surface area contributed by atoms with Gasteiger partial charge in [-0.05, 0) is 30.5 Å². The van der Waals surface area contributed by atoms with E-state index in [1.54, 1.807) is 0 Å². The van der Waals surface area contributed by atoms with Gasteiger partial charge in [0.25, 0.3) is 0 Å². The fraction of sp³-hybridized carbons (Fsp3) is 0.429. The lowest BCUT2D eigenvalue weighted by Crippen LogP contribution is -2.41. The average Bonchev–Trinajstić information content (AvgIpc) is 2.73. The molecule has 1 aromatic heterocycles. The molecule has 1 aliphatic heterocycles. The number of nitrogens with one attached hydrogen (secondary N) is 1. The fourth-order valence-corrected chi connectivity index (χ4v) is 2.73. The van der Waals surface area contributed by atoms with Crippen molar-refractivity contribution in [1.29, 1.82) is 0 Å². The molecule has 1 N–H and O–H groups in total. The first kappa shape index (κ1) is 12.0. The number of nitrogens with zero attached hydrogens (tertiary/aromatic N) is 1. The molecule has 3 nitrogen and oxygen atoms in total. The molecule has 1 fully saturated rings. The molecule has 0 radical (unpaired) electrons. The molecule has 3 rings (SSSR count). The van der Waals surface area contributed by atoms with Gasteiger partial charge in [0.15, 0.2) is 5.22 Å². The second kappa shape index (κ2) is 5.31. The highest BCUT2D eigenvalue weighted by atomic mass is 35.5. The van der Waals surface area contributed by atoms with E-state index in [-0.39, 0.29) is 0 Å². The first-order chi connectivity index (χ1) is 8.84. The predicted molar refractivity (Wildman–Crippen MR) is 73.5 cm³/mol. The minimum atomic E-state index is 0.501. The molecule has 1 saturated heterocycles. The summed E-state index contributed by atoms with van der Waals surface area (Å²) in [7, 11) is 0. The molecule has 1 aliphatic rings. The molecule has 0 unspecified atom stereocenters. The van der Waals surface area contributed by atoms with E-state index in [9.17, 15) is 0 Å². The van der Waals surface area contributed by atoms with Crippen molar-refractivity contribution in [3.8, 4) is 0 Å². The van der Waals surface area contributed by atoms with Crippen LogP contribution in [0.25, 0.3) is 11.0 Å². The standard InChI is InChI=1S/C14H17ClN2O/c15-14-12(10-16-17-8-4-1-5-9-17)11-6-2-3-7-13(11)18-14/h2-3,6-7,16H,1,4-5,8-10H2. The van der Waals surface area contributed by atoms with Gasteiger partial charge in [0, 0.05) is 30.6 Å². The highest BCUT2D eigenvalue weighted by Gasteiger charge is 2.14. The Hall–Kier alpha value is -1.03. The van der Waals surface area contributed by atoms with Crippen LogP contribution in [0.5, 0.6) is 0 Å². The third-order valence-electron chi connectivity index (χ3n) is 3.48. The third kappa shape index (κ3) is 2.39. The maximum Gasteiger partial charge on any atom is 0.199 e. The molecule has 0 amide bonds. The molecule has 0 bridgehead atoms. The first-order valence-corrected chi connectivity index (χ1v) is 6.87. The van der Waals surface area contributed by atoms with Gasteiger partial charge in [0.05, 0.1) is 0 Å². The lowest BCUT2D eigenvalue weighted by Gasteiger charge is -2.26. The second-order valence-electron chi connectivity index (χ2n) is 4.73. The van der Waals surface area contributed by atoms with Crippen molar-refractivity contribution >= 4 is 22.6 Å². The lowest BCUT2D eigenvalue weighted by molar-refractivity contribution is 0.151. The minimum Gasteiger partial charge on any atom is -0.444 e. The maximum absolute atomic E-state index is 6.16. The molecule has 1 aromatic carbocycles. The fourth-order valence-electron chi connectivity index (χ4n) is 2.48. The molecule has 0 atom stereocenters. The van der Waals surface area contributed by atoms with Crippen LogP contribution in [-0.4, -0.2) is 18.1 Å². The summed E-state index contributed by atoms with van der Waals surface area (Å²) < 4.78 is 5.55. The third-order valence-corrected chi connectivity index (χ3v) is 3.79. The quantitative estimate of drug-likeness (QED) is 0.919. The molecule has 2 aromatic rings. The van der Waals surface area contributed by atoms with Crippen LogP contribution in [-0.2, 0) is 6.54 Å². The summed E-state index contributed by atoms with van der Waals surface area (Å²) in [5, 5.41) is 3.88. The van der Waals surface area contributed by atoms with Gasteiger partial charge in [-0.15, -0.1) is 0 Å². The van der Waals surface area contributed by atoms with Crippen LogP contribution in [0.4, 0.5) is 0 Å². The predicted octanol–water partition coefficient (Wildman–Crippen LogP) is 3.58. The Kier molecular flexibility index (Phi) is 3.55. The normalized spacial score (nSPS) is 17.4. The number of hydrogen-bond donors (Lipinski definition) is 1. The Labute approximate surface area is 112 Å². The SMILES string of the molecule is Clc1oc2ccccc2c1CNN1CCCCC1. The van der Waals surface area contributed by atoms with Crippen molar-refractivity contribution in [3.63, 3.8) is 0 Å². The van der Waals surface area contributed by atoms with E-state index < -0.39 is 0 Å². The Morgan fingerprint density at radius 3 is 2.78 bits per heavy atom. The highest BCUT2D eigenvalue weighted by Crippen LogP contribution is 2.29. The van der Waals surface area contributed by atoms with E-state index in [0.717, 1.165) is 36.2 Å². The summed E-state index contributed by atoms with van der Waals surface area (Å²) in [5.41, 5.74) is 5.36. The smallest absolute Gasteiger partial charge is 0.199 e. The molecule has 0 aliphatic carbocycles.